The van der Waals surface area contributed by atoms with Crippen LogP contribution in [0.25, 0.3) is 5.70 Å². The third kappa shape index (κ3) is 3.22. The summed E-state index contributed by atoms with van der Waals surface area (Å²) >= 11 is 0. The first-order valence-electron chi connectivity index (χ1n) is 5.90. The Labute approximate surface area is 111 Å². The third-order valence-electron chi connectivity index (χ3n) is 2.67. The number of hydrogen-bond acceptors (Lipinski definition) is 3. The summed E-state index contributed by atoms with van der Waals surface area (Å²) in [6, 6.07) is 9.53. The van der Waals surface area contributed by atoms with Gasteiger partial charge in [0.25, 0.3) is 5.91 Å². The molecule has 0 aliphatic carbocycles. The zero-order valence-electron chi connectivity index (χ0n) is 10.9. The van der Waals surface area contributed by atoms with Crippen molar-refractivity contribution in [2.45, 2.75) is 13.8 Å². The number of nitrogens with zero attached hydrogens (tertiary/aromatic N) is 1. The van der Waals surface area contributed by atoms with Crippen molar-refractivity contribution in [2.24, 2.45) is 0 Å². The van der Waals surface area contributed by atoms with E-state index in [1.165, 1.54) is 5.56 Å². The van der Waals surface area contributed by atoms with E-state index in [9.17, 15) is 4.79 Å². The number of benzene rings is 1. The Morgan fingerprint density at radius 1 is 1.21 bits per heavy atom. The molecule has 0 spiro atoms. The largest absolute Gasteiger partial charge is 0.298 e. The molecule has 0 atom stereocenters. The van der Waals surface area contributed by atoms with Gasteiger partial charge in [-0.15, -0.1) is 0 Å². The molecule has 1 amide bonds. The molecule has 0 fully saturated rings. The fourth-order valence-corrected chi connectivity index (χ4v) is 1.56. The summed E-state index contributed by atoms with van der Waals surface area (Å²) in [5.41, 5.74) is 9.22. The fraction of sp³-hybridized carbons (Fsp3) is 0.143. The number of H-pyrrole nitrogens is 1. The van der Waals surface area contributed by atoms with Gasteiger partial charge in [-0.3, -0.25) is 20.7 Å². The Bertz CT molecular complexity index is 598. The molecule has 19 heavy (non-hydrogen) atoms. The van der Waals surface area contributed by atoms with Crippen molar-refractivity contribution >= 4 is 11.6 Å². The summed E-state index contributed by atoms with van der Waals surface area (Å²) in [4.78, 5) is 11.8. The highest BCUT2D eigenvalue weighted by molar-refractivity contribution is 5.92. The normalized spacial score (nSPS) is 10.0. The van der Waals surface area contributed by atoms with E-state index in [1.54, 1.807) is 6.07 Å². The van der Waals surface area contributed by atoms with Gasteiger partial charge in [-0.05, 0) is 25.5 Å². The molecule has 0 radical (unpaired) electrons. The second-order valence-electron chi connectivity index (χ2n) is 4.36. The fourth-order valence-electron chi connectivity index (χ4n) is 1.56. The van der Waals surface area contributed by atoms with Gasteiger partial charge in [0.05, 0.1) is 5.70 Å². The summed E-state index contributed by atoms with van der Waals surface area (Å²) in [6.45, 7) is 7.72. The van der Waals surface area contributed by atoms with Crippen LogP contribution in [0.4, 0.5) is 0 Å². The lowest BCUT2D eigenvalue weighted by Gasteiger charge is -2.10. The molecule has 5 nitrogen and oxygen atoms in total. The average molecular weight is 256 g/mol. The van der Waals surface area contributed by atoms with Crippen LogP contribution in [0.2, 0.25) is 0 Å². The van der Waals surface area contributed by atoms with Crippen molar-refractivity contribution in [3.8, 4) is 0 Å². The van der Waals surface area contributed by atoms with Gasteiger partial charge in [-0.1, -0.05) is 36.4 Å². The van der Waals surface area contributed by atoms with Crippen LogP contribution in [0.5, 0.6) is 0 Å². The monoisotopic (exact) mass is 256 g/mol. The van der Waals surface area contributed by atoms with Gasteiger partial charge in [-0.25, -0.2) is 0 Å². The third-order valence-corrected chi connectivity index (χ3v) is 2.67. The molecule has 98 valence electrons. The van der Waals surface area contributed by atoms with Crippen molar-refractivity contribution in [3.05, 3.63) is 59.4 Å². The predicted octanol–water partition coefficient (Wildman–Crippen LogP) is 1.93. The highest BCUT2D eigenvalue weighted by atomic mass is 16.2. The van der Waals surface area contributed by atoms with E-state index in [0.717, 1.165) is 11.3 Å². The van der Waals surface area contributed by atoms with Crippen LogP contribution in [0.1, 0.15) is 27.3 Å². The number of hydrogen-bond donors (Lipinski definition) is 3. The van der Waals surface area contributed by atoms with Gasteiger partial charge < -0.3 is 0 Å². The standard InChI is InChI=1S/C14H16N4O/c1-9-4-6-12(7-5-9)11(3)16-18-14(19)13-8-10(2)15-17-13/h4-8,16H,3H2,1-2H3,(H,15,17)(H,18,19). The molecule has 3 N–H and O–H groups in total. The molecule has 5 heteroatoms. The molecule has 0 saturated carbocycles. The number of aromatic nitrogens is 2. The molecule has 0 aliphatic rings. The SMILES string of the molecule is C=C(NNC(=O)c1cc(C)[nH]n1)c1ccc(C)cc1. The molecular weight excluding hydrogens is 240 g/mol. The van der Waals surface area contributed by atoms with Crippen molar-refractivity contribution in [2.75, 3.05) is 0 Å². The van der Waals surface area contributed by atoms with Gasteiger partial charge in [0, 0.05) is 5.69 Å². The second kappa shape index (κ2) is 5.39. The Morgan fingerprint density at radius 3 is 2.47 bits per heavy atom. The van der Waals surface area contributed by atoms with Crippen molar-refractivity contribution in [1.29, 1.82) is 0 Å². The maximum atomic E-state index is 11.8. The zero-order valence-corrected chi connectivity index (χ0v) is 10.9. The van der Waals surface area contributed by atoms with Crippen LogP contribution in [0.15, 0.2) is 36.9 Å². The van der Waals surface area contributed by atoms with Gasteiger partial charge in [-0.2, -0.15) is 5.10 Å². The van der Waals surface area contributed by atoms with E-state index >= 15 is 0 Å². The number of nitrogens with one attached hydrogen (secondary N) is 3. The van der Waals surface area contributed by atoms with Gasteiger partial charge in [0.15, 0.2) is 5.69 Å². The van der Waals surface area contributed by atoms with E-state index in [0.29, 0.717) is 11.4 Å². The van der Waals surface area contributed by atoms with E-state index in [-0.39, 0.29) is 5.91 Å². The number of aryl methyl sites for hydroxylation is 2. The molecule has 1 heterocycles. The van der Waals surface area contributed by atoms with Crippen LogP contribution in [-0.2, 0) is 0 Å². The first-order chi connectivity index (χ1) is 9.06. The van der Waals surface area contributed by atoms with Crippen LogP contribution in [0.3, 0.4) is 0 Å². The van der Waals surface area contributed by atoms with Crippen LogP contribution in [-0.4, -0.2) is 16.1 Å². The highest BCUT2D eigenvalue weighted by Crippen LogP contribution is 2.09. The molecule has 0 bridgehead atoms. The Kier molecular flexibility index (Phi) is 3.66. The number of carbonyl (C=O) groups excluding carboxylic acids is 1. The molecule has 2 aromatic rings. The molecule has 0 saturated heterocycles. The van der Waals surface area contributed by atoms with Gasteiger partial charge in [0.1, 0.15) is 0 Å². The molecule has 0 aliphatic heterocycles. The topological polar surface area (TPSA) is 69.8 Å². The minimum atomic E-state index is -0.308. The van der Waals surface area contributed by atoms with Gasteiger partial charge >= 0.3 is 0 Å². The lowest BCUT2D eigenvalue weighted by atomic mass is 10.1. The number of amides is 1. The van der Waals surface area contributed by atoms with Crippen LogP contribution in [0, 0.1) is 13.8 Å². The number of rotatable bonds is 4. The Hall–Kier alpha value is -2.56. The lowest BCUT2D eigenvalue weighted by Crippen LogP contribution is -2.36. The molecule has 1 aromatic heterocycles. The van der Waals surface area contributed by atoms with Crippen molar-refractivity contribution in [3.63, 3.8) is 0 Å². The summed E-state index contributed by atoms with van der Waals surface area (Å²) in [6.07, 6.45) is 0. The van der Waals surface area contributed by atoms with Crippen LogP contribution < -0.4 is 10.9 Å². The van der Waals surface area contributed by atoms with E-state index in [4.69, 9.17) is 0 Å². The number of hydrazine groups is 1. The van der Waals surface area contributed by atoms with Crippen molar-refractivity contribution < 1.29 is 4.79 Å². The number of carbonyl (C=O) groups is 1. The van der Waals surface area contributed by atoms with E-state index in [2.05, 4.69) is 27.6 Å². The predicted molar refractivity (Wildman–Crippen MR) is 74.1 cm³/mol. The summed E-state index contributed by atoms with van der Waals surface area (Å²) < 4.78 is 0. The molecular formula is C14H16N4O. The molecule has 2 rings (SSSR count). The van der Waals surface area contributed by atoms with Gasteiger partial charge in [0.2, 0.25) is 0 Å². The second-order valence-corrected chi connectivity index (χ2v) is 4.36. The minimum absolute atomic E-state index is 0.308. The zero-order chi connectivity index (χ0) is 13.8. The summed E-state index contributed by atoms with van der Waals surface area (Å²) in [7, 11) is 0. The van der Waals surface area contributed by atoms with E-state index < -0.39 is 0 Å². The Morgan fingerprint density at radius 2 is 1.89 bits per heavy atom. The quantitative estimate of drug-likeness (QED) is 0.732. The highest BCUT2D eigenvalue weighted by Gasteiger charge is 2.08. The number of aromatic amines is 1. The van der Waals surface area contributed by atoms with E-state index in [1.807, 2.05) is 38.1 Å². The lowest BCUT2D eigenvalue weighted by molar-refractivity contribution is 0.0937. The first-order valence-corrected chi connectivity index (χ1v) is 5.90. The molecule has 0 unspecified atom stereocenters. The van der Waals surface area contributed by atoms with Crippen molar-refractivity contribution in [1.82, 2.24) is 21.0 Å². The molecule has 1 aromatic carbocycles. The maximum Gasteiger partial charge on any atom is 0.290 e. The van der Waals surface area contributed by atoms with Crippen LogP contribution >= 0.6 is 0 Å². The smallest absolute Gasteiger partial charge is 0.290 e. The average Bonchev–Trinajstić information content (AvgIpc) is 2.83. The first kappa shape index (κ1) is 12.9. The maximum absolute atomic E-state index is 11.8. The Balaban J connectivity index is 1.93. The summed E-state index contributed by atoms with van der Waals surface area (Å²) in [5, 5.41) is 6.59. The minimum Gasteiger partial charge on any atom is -0.298 e. The summed E-state index contributed by atoms with van der Waals surface area (Å²) in [5.74, 6) is -0.308.